The Labute approximate surface area is 230 Å². The van der Waals surface area contributed by atoms with Crippen LogP contribution in [0.3, 0.4) is 0 Å². The number of hydrogen-bond acceptors (Lipinski definition) is 7. The van der Waals surface area contributed by atoms with E-state index in [1.807, 2.05) is 13.8 Å². The molecule has 218 valence electrons. The molecule has 1 fully saturated rings. The van der Waals surface area contributed by atoms with Crippen LogP contribution in [-0.2, 0) is 17.4 Å². The van der Waals surface area contributed by atoms with Gasteiger partial charge in [0, 0.05) is 37.7 Å². The summed E-state index contributed by atoms with van der Waals surface area (Å²) >= 11 is 0. The molecular formula is C27H35F3N6O4. The Kier molecular flexibility index (Phi) is 8.55. The number of benzene rings is 1. The number of hydroxylamine groups is 1. The first kappa shape index (κ1) is 29.5. The van der Waals surface area contributed by atoms with E-state index in [-0.39, 0.29) is 42.1 Å². The number of amides is 2. The summed E-state index contributed by atoms with van der Waals surface area (Å²) in [5.74, 6) is -1.66. The summed E-state index contributed by atoms with van der Waals surface area (Å²) < 4.78 is 42.8. The van der Waals surface area contributed by atoms with Crippen molar-refractivity contribution < 1.29 is 32.8 Å². The molecule has 2 heterocycles. The second-order valence-electron chi connectivity index (χ2n) is 11.4. The second kappa shape index (κ2) is 11.6. The average molecular weight is 565 g/mol. The number of anilines is 1. The first-order chi connectivity index (χ1) is 18.8. The van der Waals surface area contributed by atoms with Crippen molar-refractivity contribution >= 4 is 23.3 Å². The summed E-state index contributed by atoms with van der Waals surface area (Å²) in [4.78, 5) is 38.4. The molecule has 0 radical (unpaired) electrons. The number of nitrogens with zero attached hydrogens (tertiary/aromatic N) is 3. The third-order valence-corrected chi connectivity index (χ3v) is 7.53. The number of carbonyl (C=O) groups excluding carboxylic acids is 3. The van der Waals surface area contributed by atoms with Crippen LogP contribution >= 0.6 is 0 Å². The predicted octanol–water partition coefficient (Wildman–Crippen LogP) is 3.70. The number of alkyl halides is 3. The van der Waals surface area contributed by atoms with Crippen LogP contribution in [0.2, 0.25) is 0 Å². The molecule has 1 aromatic carbocycles. The van der Waals surface area contributed by atoms with Crippen LogP contribution in [0, 0.1) is 5.41 Å². The zero-order valence-corrected chi connectivity index (χ0v) is 22.6. The Hall–Kier alpha value is -3.45. The molecule has 5 N–H and O–H groups in total. The monoisotopic (exact) mass is 564 g/mol. The van der Waals surface area contributed by atoms with E-state index >= 15 is 0 Å². The Morgan fingerprint density at radius 1 is 1.18 bits per heavy atom. The van der Waals surface area contributed by atoms with Crippen LogP contribution in [0.4, 0.5) is 18.9 Å². The lowest BCUT2D eigenvalue weighted by Gasteiger charge is -2.33. The molecule has 13 heteroatoms. The van der Waals surface area contributed by atoms with Gasteiger partial charge in [-0.2, -0.15) is 18.3 Å². The van der Waals surface area contributed by atoms with E-state index in [2.05, 4.69) is 15.3 Å². The van der Waals surface area contributed by atoms with Crippen LogP contribution in [0.1, 0.15) is 84.5 Å². The molecule has 0 bridgehead atoms. The van der Waals surface area contributed by atoms with Crippen molar-refractivity contribution in [3.8, 4) is 5.69 Å². The van der Waals surface area contributed by atoms with E-state index in [1.54, 1.807) is 11.5 Å². The lowest BCUT2D eigenvalue weighted by Crippen LogP contribution is -2.39. The molecule has 2 aromatic rings. The third-order valence-electron chi connectivity index (χ3n) is 7.53. The number of likely N-dealkylation sites (tertiary alicyclic amines) is 1. The third kappa shape index (κ3) is 6.64. The van der Waals surface area contributed by atoms with Gasteiger partial charge in [0.1, 0.15) is 0 Å². The highest BCUT2D eigenvalue weighted by Crippen LogP contribution is 2.42. The summed E-state index contributed by atoms with van der Waals surface area (Å²) in [6, 6.07) is 4.53. The van der Waals surface area contributed by atoms with Gasteiger partial charge >= 0.3 is 6.18 Å². The number of unbranched alkanes of at least 4 members (excludes halogenated alkanes) is 1. The summed E-state index contributed by atoms with van der Waals surface area (Å²) in [5.41, 5.74) is 6.24. The molecule has 0 atom stereocenters. The first-order valence-electron chi connectivity index (χ1n) is 13.4. The highest BCUT2D eigenvalue weighted by atomic mass is 19.4. The van der Waals surface area contributed by atoms with Crippen LogP contribution in [-0.4, -0.2) is 63.2 Å². The largest absolute Gasteiger partial charge is 0.435 e. The van der Waals surface area contributed by atoms with Crippen LogP contribution < -0.4 is 16.5 Å². The van der Waals surface area contributed by atoms with Gasteiger partial charge in [-0.1, -0.05) is 13.8 Å². The van der Waals surface area contributed by atoms with E-state index in [4.69, 9.17) is 10.9 Å². The smallest absolute Gasteiger partial charge is 0.382 e. The number of aromatic nitrogens is 2. The average Bonchev–Trinajstić information content (AvgIpc) is 3.26. The van der Waals surface area contributed by atoms with Gasteiger partial charge in [-0.05, 0) is 62.3 Å². The van der Waals surface area contributed by atoms with Crippen molar-refractivity contribution in [1.29, 1.82) is 0 Å². The number of Topliss-reactive ketones (excluding diaryl/α,β-unsaturated/α-hetero) is 1. The fraction of sp³-hybridized carbons (Fsp3) is 0.556. The topological polar surface area (TPSA) is 143 Å². The fourth-order valence-corrected chi connectivity index (χ4v) is 5.56. The van der Waals surface area contributed by atoms with Crippen LogP contribution in [0.15, 0.2) is 18.2 Å². The molecule has 2 amide bonds. The number of carbonyl (C=O) groups is 3. The zero-order valence-electron chi connectivity index (χ0n) is 22.6. The van der Waals surface area contributed by atoms with E-state index in [0.717, 1.165) is 38.9 Å². The standard InChI is InChI=1S/C27H35F3N6O4/c1-26(2)14-20-23(21(37)15-26)24(27(28,29)30)33-36(20)17-6-7-18(25(31)39)19(13-17)32-16-8-11-35(12-9-16)10-4-3-5-22(38)34-40/h6-7,13,16,32,40H,3-5,8-12,14-15H2,1-2H3,(H2,31,39)(H,34,38). The van der Waals surface area contributed by atoms with Crippen LogP contribution in [0.5, 0.6) is 0 Å². The van der Waals surface area contributed by atoms with Crippen LogP contribution in [0.25, 0.3) is 5.69 Å². The van der Waals surface area contributed by atoms with Crippen molar-refractivity contribution in [2.24, 2.45) is 11.1 Å². The Morgan fingerprint density at radius 2 is 1.88 bits per heavy atom. The number of primary amides is 1. The highest BCUT2D eigenvalue weighted by molar-refractivity contribution is 6.00. The number of rotatable bonds is 9. The number of hydrogen-bond donors (Lipinski definition) is 4. The van der Waals surface area contributed by atoms with Gasteiger partial charge < -0.3 is 16.0 Å². The van der Waals surface area contributed by atoms with Gasteiger partial charge in [0.2, 0.25) is 5.91 Å². The second-order valence-corrected chi connectivity index (χ2v) is 11.4. The van der Waals surface area contributed by atoms with Gasteiger partial charge in [0.25, 0.3) is 5.91 Å². The van der Waals surface area contributed by atoms with E-state index in [9.17, 15) is 27.6 Å². The first-order valence-corrected chi connectivity index (χ1v) is 13.4. The Morgan fingerprint density at radius 3 is 2.50 bits per heavy atom. The highest BCUT2D eigenvalue weighted by Gasteiger charge is 2.45. The van der Waals surface area contributed by atoms with E-state index in [1.165, 1.54) is 16.8 Å². The number of halogens is 3. The normalized spacial score (nSPS) is 17.9. The van der Waals surface area contributed by atoms with Crippen molar-refractivity contribution in [2.75, 3.05) is 25.0 Å². The molecule has 1 aromatic heterocycles. The van der Waals surface area contributed by atoms with Gasteiger partial charge in [-0.15, -0.1) is 0 Å². The van der Waals surface area contributed by atoms with Crippen molar-refractivity contribution in [3.63, 3.8) is 0 Å². The van der Waals surface area contributed by atoms with Gasteiger partial charge in [-0.25, -0.2) is 10.2 Å². The molecule has 1 aliphatic carbocycles. The predicted molar refractivity (Wildman–Crippen MR) is 140 cm³/mol. The molecule has 1 saturated heterocycles. The lowest BCUT2D eigenvalue weighted by atomic mass is 9.75. The molecule has 4 rings (SSSR count). The summed E-state index contributed by atoms with van der Waals surface area (Å²) in [6.45, 7) is 6.05. The Bertz CT molecular complexity index is 1280. The maximum absolute atomic E-state index is 13.9. The number of ketones is 1. The SMILES string of the molecule is CC1(C)CC(=O)c2c(C(F)(F)F)nn(-c3ccc(C(N)=O)c(NC4CCN(CCCCC(=O)NO)CC4)c3)c2C1. The Balaban J connectivity index is 1.54. The minimum Gasteiger partial charge on any atom is -0.382 e. The molecule has 40 heavy (non-hydrogen) atoms. The maximum Gasteiger partial charge on any atom is 0.435 e. The summed E-state index contributed by atoms with van der Waals surface area (Å²) in [7, 11) is 0. The van der Waals surface area contributed by atoms with Crippen molar-refractivity contribution in [1.82, 2.24) is 20.2 Å². The molecular weight excluding hydrogens is 529 g/mol. The molecule has 2 aliphatic rings. The molecule has 1 aliphatic heterocycles. The quantitative estimate of drug-likeness (QED) is 0.207. The molecule has 10 nitrogen and oxygen atoms in total. The number of fused-ring (bicyclic) bond motifs is 1. The summed E-state index contributed by atoms with van der Waals surface area (Å²) in [5, 5.41) is 15.8. The number of nitrogens with one attached hydrogen (secondary N) is 2. The molecule has 0 saturated carbocycles. The van der Waals surface area contributed by atoms with E-state index < -0.39 is 34.9 Å². The van der Waals surface area contributed by atoms with E-state index in [0.29, 0.717) is 17.8 Å². The van der Waals surface area contributed by atoms with Gasteiger partial charge in [0.15, 0.2) is 11.5 Å². The maximum atomic E-state index is 13.9. The minimum absolute atomic E-state index is 0.00111. The fourth-order valence-electron chi connectivity index (χ4n) is 5.56. The lowest BCUT2D eigenvalue weighted by molar-refractivity contribution is -0.141. The van der Waals surface area contributed by atoms with Crippen molar-refractivity contribution in [2.45, 2.75) is 71.0 Å². The summed E-state index contributed by atoms with van der Waals surface area (Å²) in [6.07, 6.45) is -1.30. The van der Waals surface area contributed by atoms with Gasteiger partial charge in [-0.3, -0.25) is 19.6 Å². The van der Waals surface area contributed by atoms with Gasteiger partial charge in [0.05, 0.1) is 22.5 Å². The molecule has 0 unspecified atom stereocenters. The van der Waals surface area contributed by atoms with Crippen molar-refractivity contribution in [3.05, 3.63) is 40.7 Å². The molecule has 0 spiro atoms. The number of piperidine rings is 1. The zero-order chi connectivity index (χ0) is 29.2. The minimum atomic E-state index is -4.79. The number of nitrogens with two attached hydrogens (primary N) is 1.